The molecule has 7 nitrogen and oxygen atoms in total. The summed E-state index contributed by atoms with van der Waals surface area (Å²) < 4.78 is 5.42. The molecule has 1 fully saturated rings. The van der Waals surface area contributed by atoms with Crippen LogP contribution in [-0.4, -0.2) is 74.3 Å². The highest BCUT2D eigenvalue weighted by Crippen LogP contribution is 2.15. The van der Waals surface area contributed by atoms with Gasteiger partial charge in [-0.1, -0.05) is 19.0 Å². The van der Waals surface area contributed by atoms with Gasteiger partial charge < -0.3 is 20.1 Å². The molecule has 0 aromatic carbocycles. The van der Waals surface area contributed by atoms with E-state index in [1.807, 2.05) is 0 Å². The van der Waals surface area contributed by atoms with Crippen LogP contribution >= 0.6 is 24.0 Å². The van der Waals surface area contributed by atoms with Gasteiger partial charge in [-0.3, -0.25) is 9.89 Å². The zero-order valence-corrected chi connectivity index (χ0v) is 18.5. The average Bonchev–Trinajstić information content (AvgIpc) is 2.99. The van der Waals surface area contributed by atoms with Crippen LogP contribution in [-0.2, 0) is 19.4 Å². The Labute approximate surface area is 168 Å². The van der Waals surface area contributed by atoms with Gasteiger partial charge in [0.1, 0.15) is 5.76 Å². The van der Waals surface area contributed by atoms with Gasteiger partial charge in [0.15, 0.2) is 5.96 Å². The zero-order valence-electron chi connectivity index (χ0n) is 16.1. The van der Waals surface area contributed by atoms with E-state index in [2.05, 4.69) is 58.5 Å². The minimum Gasteiger partial charge on any atom is -0.361 e. The SMILES string of the molecule is CCc1noc(CC)c1CNC(=NC)NCC1CN(C)CCN1C.I. The van der Waals surface area contributed by atoms with Crippen molar-refractivity contribution in [2.45, 2.75) is 39.3 Å². The van der Waals surface area contributed by atoms with Crippen LogP contribution in [0.4, 0.5) is 0 Å². The molecule has 1 aliphatic rings. The highest BCUT2D eigenvalue weighted by molar-refractivity contribution is 14.0. The lowest BCUT2D eigenvalue weighted by atomic mass is 10.1. The van der Waals surface area contributed by atoms with Crippen LogP contribution in [0.5, 0.6) is 0 Å². The van der Waals surface area contributed by atoms with Crippen LogP contribution in [0.25, 0.3) is 0 Å². The number of likely N-dealkylation sites (N-methyl/N-ethyl adjacent to an activating group) is 2. The standard InChI is InChI=1S/C17H32N6O.HI/c1-6-15-14(16(7-2)24-21-15)11-20-17(18-3)19-10-13-12-22(4)8-9-23(13)5;/h13H,6-12H2,1-5H3,(H2,18,19,20);1H. The van der Waals surface area contributed by atoms with Gasteiger partial charge in [-0.05, 0) is 20.5 Å². The van der Waals surface area contributed by atoms with Crippen LogP contribution in [0.2, 0.25) is 0 Å². The summed E-state index contributed by atoms with van der Waals surface area (Å²) in [5, 5.41) is 11.0. The molecular formula is C17H33IN6O. The Kier molecular flexibility index (Phi) is 9.73. The van der Waals surface area contributed by atoms with Gasteiger partial charge in [-0.2, -0.15) is 0 Å². The summed E-state index contributed by atoms with van der Waals surface area (Å²) in [6.45, 7) is 9.07. The Bertz CT molecular complexity index is 526. The lowest BCUT2D eigenvalue weighted by Gasteiger charge is -2.37. The fourth-order valence-electron chi connectivity index (χ4n) is 3.07. The molecule has 0 bridgehead atoms. The predicted molar refractivity (Wildman–Crippen MR) is 113 cm³/mol. The first kappa shape index (κ1) is 22.2. The summed E-state index contributed by atoms with van der Waals surface area (Å²) in [7, 11) is 6.17. The molecule has 25 heavy (non-hydrogen) atoms. The molecule has 1 atom stereocenters. The molecule has 0 amide bonds. The third-order valence-electron chi connectivity index (χ3n) is 4.75. The maximum absolute atomic E-state index is 5.42. The molecule has 1 saturated heterocycles. The normalized spacial score (nSPS) is 19.6. The molecule has 2 rings (SSSR count). The summed E-state index contributed by atoms with van der Waals surface area (Å²) in [5.41, 5.74) is 2.20. The number of halogens is 1. The second kappa shape index (κ2) is 11.0. The summed E-state index contributed by atoms with van der Waals surface area (Å²) >= 11 is 0. The molecule has 2 heterocycles. The largest absolute Gasteiger partial charge is 0.361 e. The Hall–Kier alpha value is -0.870. The van der Waals surface area contributed by atoms with Gasteiger partial charge in [-0.25, -0.2) is 0 Å². The number of hydrogen-bond acceptors (Lipinski definition) is 5. The molecule has 8 heteroatoms. The highest BCUT2D eigenvalue weighted by atomic mass is 127. The maximum Gasteiger partial charge on any atom is 0.191 e. The fourth-order valence-corrected chi connectivity index (χ4v) is 3.07. The van der Waals surface area contributed by atoms with Gasteiger partial charge in [-0.15, -0.1) is 24.0 Å². The summed E-state index contributed by atoms with van der Waals surface area (Å²) in [5.74, 6) is 1.78. The first-order valence-electron chi connectivity index (χ1n) is 8.88. The second-order valence-corrected chi connectivity index (χ2v) is 6.44. The Balaban J connectivity index is 0.00000312. The van der Waals surface area contributed by atoms with Crippen molar-refractivity contribution in [1.82, 2.24) is 25.6 Å². The molecule has 1 aromatic heterocycles. The van der Waals surface area contributed by atoms with Crippen LogP contribution in [0.15, 0.2) is 9.52 Å². The van der Waals surface area contributed by atoms with Crippen molar-refractivity contribution >= 4 is 29.9 Å². The van der Waals surface area contributed by atoms with Crippen LogP contribution in [0, 0.1) is 0 Å². The monoisotopic (exact) mass is 464 g/mol. The van der Waals surface area contributed by atoms with E-state index in [4.69, 9.17) is 4.52 Å². The predicted octanol–water partition coefficient (Wildman–Crippen LogP) is 1.33. The van der Waals surface area contributed by atoms with Crippen molar-refractivity contribution in [3.8, 4) is 0 Å². The number of guanidine groups is 1. The van der Waals surface area contributed by atoms with E-state index in [0.29, 0.717) is 12.6 Å². The molecule has 144 valence electrons. The average molecular weight is 464 g/mol. The number of aryl methyl sites for hydroxylation is 2. The van der Waals surface area contributed by atoms with Crippen LogP contribution in [0.3, 0.4) is 0 Å². The summed E-state index contributed by atoms with van der Waals surface area (Å²) in [6.07, 6.45) is 1.74. The molecule has 0 saturated carbocycles. The summed E-state index contributed by atoms with van der Waals surface area (Å²) in [4.78, 5) is 9.12. The minimum atomic E-state index is 0. The van der Waals surface area contributed by atoms with Gasteiger partial charge in [0, 0.05) is 57.8 Å². The minimum absolute atomic E-state index is 0. The van der Waals surface area contributed by atoms with Gasteiger partial charge in [0.25, 0.3) is 0 Å². The third kappa shape index (κ3) is 6.10. The molecule has 1 aromatic rings. The Morgan fingerprint density at radius 3 is 2.64 bits per heavy atom. The number of aromatic nitrogens is 1. The molecule has 0 spiro atoms. The van der Waals surface area contributed by atoms with Gasteiger partial charge in [0.05, 0.1) is 5.69 Å². The van der Waals surface area contributed by atoms with Crippen molar-refractivity contribution in [1.29, 1.82) is 0 Å². The van der Waals surface area contributed by atoms with E-state index in [1.165, 1.54) is 0 Å². The van der Waals surface area contributed by atoms with Crippen LogP contribution in [0.1, 0.15) is 30.9 Å². The molecule has 0 radical (unpaired) electrons. The zero-order chi connectivity index (χ0) is 17.5. The van der Waals surface area contributed by atoms with E-state index in [1.54, 1.807) is 7.05 Å². The van der Waals surface area contributed by atoms with E-state index >= 15 is 0 Å². The lowest BCUT2D eigenvalue weighted by molar-refractivity contribution is 0.116. The quantitative estimate of drug-likeness (QED) is 0.376. The Morgan fingerprint density at radius 1 is 1.24 bits per heavy atom. The highest BCUT2D eigenvalue weighted by Gasteiger charge is 2.22. The fraction of sp³-hybridized carbons (Fsp3) is 0.765. The molecule has 1 unspecified atom stereocenters. The first-order chi connectivity index (χ1) is 11.6. The molecule has 2 N–H and O–H groups in total. The van der Waals surface area contributed by atoms with Gasteiger partial charge >= 0.3 is 0 Å². The molecular weight excluding hydrogens is 431 g/mol. The molecule has 1 aliphatic heterocycles. The van der Waals surface area contributed by atoms with E-state index in [-0.39, 0.29) is 24.0 Å². The van der Waals surface area contributed by atoms with Crippen molar-refractivity contribution in [3.05, 3.63) is 17.0 Å². The first-order valence-corrected chi connectivity index (χ1v) is 8.88. The van der Waals surface area contributed by atoms with E-state index < -0.39 is 0 Å². The van der Waals surface area contributed by atoms with Gasteiger partial charge in [0.2, 0.25) is 0 Å². The maximum atomic E-state index is 5.42. The van der Waals surface area contributed by atoms with Crippen molar-refractivity contribution in [2.75, 3.05) is 47.3 Å². The number of piperazine rings is 1. The topological polar surface area (TPSA) is 68.9 Å². The van der Waals surface area contributed by atoms with Crippen molar-refractivity contribution < 1.29 is 4.52 Å². The number of nitrogens with one attached hydrogen (secondary N) is 2. The number of hydrogen-bond donors (Lipinski definition) is 2. The smallest absolute Gasteiger partial charge is 0.191 e. The van der Waals surface area contributed by atoms with Crippen molar-refractivity contribution in [2.24, 2.45) is 4.99 Å². The Morgan fingerprint density at radius 2 is 2.00 bits per heavy atom. The van der Waals surface area contributed by atoms with Crippen LogP contribution < -0.4 is 10.6 Å². The number of rotatable bonds is 6. The summed E-state index contributed by atoms with van der Waals surface area (Å²) in [6, 6.07) is 0.496. The lowest BCUT2D eigenvalue weighted by Crippen LogP contribution is -2.55. The van der Waals surface area contributed by atoms with E-state index in [9.17, 15) is 0 Å². The number of aliphatic imine (C=N–C) groups is 1. The molecule has 0 aliphatic carbocycles. The number of nitrogens with zero attached hydrogens (tertiary/aromatic N) is 4. The van der Waals surface area contributed by atoms with Crippen molar-refractivity contribution in [3.63, 3.8) is 0 Å². The second-order valence-electron chi connectivity index (χ2n) is 6.44. The third-order valence-corrected chi connectivity index (χ3v) is 4.75. The van der Waals surface area contributed by atoms with E-state index in [0.717, 1.165) is 62.0 Å².